The zero-order valence-corrected chi connectivity index (χ0v) is 7.64. The first-order chi connectivity index (χ1) is 5.54. The van der Waals surface area contributed by atoms with Gasteiger partial charge in [0.05, 0.1) is 6.10 Å². The Morgan fingerprint density at radius 2 is 1.50 bits per heavy atom. The topological polar surface area (TPSA) is 60.7 Å². The van der Waals surface area contributed by atoms with E-state index >= 15 is 0 Å². The van der Waals surface area contributed by atoms with Gasteiger partial charge in [-0.3, -0.25) is 0 Å². The van der Waals surface area contributed by atoms with Gasteiger partial charge in [-0.25, -0.2) is 0 Å². The van der Waals surface area contributed by atoms with E-state index in [0.717, 1.165) is 6.42 Å². The minimum Gasteiger partial charge on any atom is -0.393 e. The Morgan fingerprint density at radius 3 is 1.92 bits per heavy atom. The Kier molecular flexibility index (Phi) is 5.98. The molecule has 0 aliphatic rings. The minimum absolute atomic E-state index is 0.220. The molecule has 0 aromatic rings. The summed E-state index contributed by atoms with van der Waals surface area (Å²) in [6.07, 6.45) is 3.02. The lowest BCUT2D eigenvalue weighted by Gasteiger charge is -2.11. The summed E-state index contributed by atoms with van der Waals surface area (Å²) in [5.41, 5.74) is 0. The Labute approximate surface area is 73.4 Å². The molecule has 0 aromatic carbocycles. The van der Waals surface area contributed by atoms with Crippen molar-refractivity contribution < 1.29 is 15.3 Å². The fourth-order valence-corrected chi connectivity index (χ4v) is 0.726. The molecule has 3 nitrogen and oxygen atoms in total. The molecular weight excluding hydrogens is 156 g/mol. The maximum Gasteiger partial charge on any atom is 0.154 e. The predicted molar refractivity (Wildman–Crippen MR) is 47.4 cm³/mol. The first-order valence-corrected chi connectivity index (χ1v) is 4.23. The lowest BCUT2D eigenvalue weighted by atomic mass is 10.0. The highest BCUT2D eigenvalue weighted by atomic mass is 16.5. The third-order valence-electron chi connectivity index (χ3n) is 1.84. The van der Waals surface area contributed by atoms with Gasteiger partial charge in [0.15, 0.2) is 6.29 Å². The van der Waals surface area contributed by atoms with Gasteiger partial charge >= 0.3 is 0 Å². The molecule has 0 aliphatic carbocycles. The van der Waals surface area contributed by atoms with Crippen LogP contribution in [0, 0.1) is 5.92 Å². The molecule has 72 valence electrons. The van der Waals surface area contributed by atoms with E-state index in [1.54, 1.807) is 13.0 Å². The summed E-state index contributed by atoms with van der Waals surface area (Å²) in [6.45, 7) is 3.70. The van der Waals surface area contributed by atoms with E-state index in [0.29, 0.717) is 0 Å². The van der Waals surface area contributed by atoms with Gasteiger partial charge in [0.1, 0.15) is 0 Å². The summed E-state index contributed by atoms with van der Waals surface area (Å²) in [7, 11) is 0. The van der Waals surface area contributed by atoms with Gasteiger partial charge in [0.2, 0.25) is 0 Å². The standard InChI is InChI=1S/C9H18O3/c1-7(8(2)10)5-3-4-6-9(11)12/h3-4,7-12H,5-6H2,1-2H3/t7?,8-/m0/s1. The number of allylic oxidation sites excluding steroid dienone is 1. The molecule has 0 rings (SSSR count). The number of hydrogen-bond acceptors (Lipinski definition) is 3. The zero-order chi connectivity index (χ0) is 9.56. The monoisotopic (exact) mass is 174 g/mol. The smallest absolute Gasteiger partial charge is 0.154 e. The van der Waals surface area contributed by atoms with E-state index in [2.05, 4.69) is 0 Å². The zero-order valence-electron chi connectivity index (χ0n) is 7.64. The van der Waals surface area contributed by atoms with Crippen molar-refractivity contribution in [3.8, 4) is 0 Å². The molecule has 1 unspecified atom stereocenters. The van der Waals surface area contributed by atoms with Crippen LogP contribution in [0.4, 0.5) is 0 Å². The van der Waals surface area contributed by atoms with E-state index in [4.69, 9.17) is 15.3 Å². The highest BCUT2D eigenvalue weighted by Crippen LogP contribution is 2.08. The van der Waals surface area contributed by atoms with Crippen LogP contribution < -0.4 is 0 Å². The number of aliphatic hydroxyl groups is 3. The lowest BCUT2D eigenvalue weighted by molar-refractivity contribution is -0.0361. The quantitative estimate of drug-likeness (QED) is 0.423. The molecule has 0 saturated heterocycles. The van der Waals surface area contributed by atoms with Gasteiger partial charge in [-0.05, 0) is 19.3 Å². The van der Waals surface area contributed by atoms with Gasteiger partial charge in [-0.2, -0.15) is 0 Å². The number of rotatable bonds is 5. The maximum absolute atomic E-state index is 9.10. The average molecular weight is 174 g/mol. The van der Waals surface area contributed by atoms with Crippen LogP contribution in [0.3, 0.4) is 0 Å². The van der Waals surface area contributed by atoms with E-state index in [1.807, 2.05) is 13.0 Å². The molecule has 0 aliphatic heterocycles. The van der Waals surface area contributed by atoms with E-state index < -0.39 is 6.29 Å². The van der Waals surface area contributed by atoms with Gasteiger partial charge in [0.25, 0.3) is 0 Å². The van der Waals surface area contributed by atoms with Crippen molar-refractivity contribution >= 4 is 0 Å². The lowest BCUT2D eigenvalue weighted by Crippen LogP contribution is -2.11. The first kappa shape index (κ1) is 11.6. The molecule has 0 saturated carbocycles. The van der Waals surface area contributed by atoms with Crippen molar-refractivity contribution in [1.29, 1.82) is 0 Å². The van der Waals surface area contributed by atoms with Gasteiger partial charge < -0.3 is 15.3 Å². The molecule has 3 heteroatoms. The Balaban J connectivity index is 3.46. The van der Waals surface area contributed by atoms with Crippen LogP contribution in [-0.4, -0.2) is 27.7 Å². The molecule has 2 atom stereocenters. The second-order valence-electron chi connectivity index (χ2n) is 3.14. The minimum atomic E-state index is -1.26. The van der Waals surface area contributed by atoms with Crippen molar-refractivity contribution in [2.45, 2.75) is 39.1 Å². The Hall–Kier alpha value is -0.380. The molecule has 0 bridgehead atoms. The van der Waals surface area contributed by atoms with Crippen LogP contribution in [0.15, 0.2) is 12.2 Å². The van der Waals surface area contributed by atoms with Crippen molar-refractivity contribution in [3.05, 3.63) is 12.2 Å². The van der Waals surface area contributed by atoms with Gasteiger partial charge in [-0.1, -0.05) is 19.1 Å². The predicted octanol–water partition coefficient (Wildman–Crippen LogP) is 0.650. The van der Waals surface area contributed by atoms with E-state index in [-0.39, 0.29) is 18.4 Å². The Bertz CT molecular complexity index is 130. The molecule has 0 amide bonds. The number of aliphatic hydroxyl groups excluding tert-OH is 2. The third-order valence-corrected chi connectivity index (χ3v) is 1.84. The Morgan fingerprint density at radius 1 is 1.00 bits per heavy atom. The van der Waals surface area contributed by atoms with Crippen LogP contribution >= 0.6 is 0 Å². The molecule has 0 heterocycles. The molecule has 0 spiro atoms. The highest BCUT2D eigenvalue weighted by molar-refractivity contribution is 4.84. The van der Waals surface area contributed by atoms with Crippen molar-refractivity contribution in [3.63, 3.8) is 0 Å². The SMILES string of the molecule is CC(CC=CCC(O)O)[C@H](C)O. The van der Waals surface area contributed by atoms with Gasteiger partial charge in [-0.15, -0.1) is 0 Å². The van der Waals surface area contributed by atoms with Crippen molar-refractivity contribution in [2.75, 3.05) is 0 Å². The van der Waals surface area contributed by atoms with E-state index in [9.17, 15) is 0 Å². The van der Waals surface area contributed by atoms with Crippen LogP contribution in [-0.2, 0) is 0 Å². The molecule has 0 radical (unpaired) electrons. The largest absolute Gasteiger partial charge is 0.393 e. The summed E-state index contributed by atoms with van der Waals surface area (Å²) in [5.74, 6) is 0.220. The molecule has 0 fully saturated rings. The second-order valence-corrected chi connectivity index (χ2v) is 3.14. The van der Waals surface area contributed by atoms with E-state index in [1.165, 1.54) is 0 Å². The van der Waals surface area contributed by atoms with Crippen molar-refractivity contribution in [1.82, 2.24) is 0 Å². The third kappa shape index (κ3) is 6.34. The first-order valence-electron chi connectivity index (χ1n) is 4.23. The summed E-state index contributed by atoms with van der Waals surface area (Å²) in [4.78, 5) is 0. The average Bonchev–Trinajstić information content (AvgIpc) is 1.97. The maximum atomic E-state index is 9.10. The fourth-order valence-electron chi connectivity index (χ4n) is 0.726. The number of hydrogen-bond donors (Lipinski definition) is 3. The second kappa shape index (κ2) is 6.17. The van der Waals surface area contributed by atoms with Crippen LogP contribution in [0.25, 0.3) is 0 Å². The van der Waals surface area contributed by atoms with Crippen LogP contribution in [0.2, 0.25) is 0 Å². The van der Waals surface area contributed by atoms with Crippen LogP contribution in [0.1, 0.15) is 26.7 Å². The highest BCUT2D eigenvalue weighted by Gasteiger charge is 2.05. The van der Waals surface area contributed by atoms with Gasteiger partial charge in [0, 0.05) is 6.42 Å². The molecule has 12 heavy (non-hydrogen) atoms. The summed E-state index contributed by atoms with van der Waals surface area (Å²) >= 11 is 0. The molecular formula is C9H18O3. The fraction of sp³-hybridized carbons (Fsp3) is 0.778. The normalized spacial score (nSPS) is 17.2. The van der Waals surface area contributed by atoms with Crippen molar-refractivity contribution in [2.24, 2.45) is 5.92 Å². The van der Waals surface area contributed by atoms with Crippen LogP contribution in [0.5, 0.6) is 0 Å². The summed E-state index contributed by atoms with van der Waals surface area (Å²) in [6, 6.07) is 0. The summed E-state index contributed by atoms with van der Waals surface area (Å²) < 4.78 is 0. The molecule has 3 N–H and O–H groups in total. The molecule has 0 aromatic heterocycles. The summed E-state index contributed by atoms with van der Waals surface area (Å²) in [5, 5.41) is 26.1.